The Labute approximate surface area is 125 Å². The van der Waals surface area contributed by atoms with Crippen LogP contribution in [-0.2, 0) is 4.79 Å². The molecule has 1 saturated heterocycles. The smallest absolute Gasteiger partial charge is 0.303 e. The van der Waals surface area contributed by atoms with Crippen LogP contribution < -0.4 is 4.74 Å². The summed E-state index contributed by atoms with van der Waals surface area (Å²) in [6, 6.07) is 8.61. The number of hydrogen-bond donors (Lipinski definition) is 1. The number of hydrogen-bond acceptors (Lipinski definition) is 3. The molecule has 4 nitrogen and oxygen atoms in total. The van der Waals surface area contributed by atoms with Crippen molar-refractivity contribution in [2.24, 2.45) is 11.8 Å². The van der Waals surface area contributed by atoms with Crippen LogP contribution in [0.25, 0.3) is 0 Å². The maximum absolute atomic E-state index is 11.0. The number of piperidine rings is 1. The Hall–Kier alpha value is -1.55. The third-order valence-corrected chi connectivity index (χ3v) is 4.69. The topological polar surface area (TPSA) is 49.8 Å². The predicted octanol–water partition coefficient (Wildman–Crippen LogP) is 2.94. The van der Waals surface area contributed by atoms with Gasteiger partial charge in [0.1, 0.15) is 5.75 Å². The molecule has 2 heterocycles. The Balaban J connectivity index is 1.80. The third kappa shape index (κ3) is 3.05. The number of para-hydroxylation sites is 1. The lowest BCUT2D eigenvalue weighted by molar-refractivity contribution is -0.138. The van der Waals surface area contributed by atoms with Gasteiger partial charge in [0, 0.05) is 30.5 Å². The zero-order valence-electron chi connectivity index (χ0n) is 12.5. The lowest BCUT2D eigenvalue weighted by atomic mass is 9.86. The molecule has 3 rings (SSSR count). The third-order valence-electron chi connectivity index (χ3n) is 4.69. The van der Waals surface area contributed by atoms with E-state index in [1.807, 2.05) is 12.1 Å². The van der Waals surface area contributed by atoms with Gasteiger partial charge < -0.3 is 9.84 Å². The van der Waals surface area contributed by atoms with Gasteiger partial charge in [-0.25, -0.2) is 0 Å². The molecule has 0 radical (unpaired) electrons. The molecule has 0 spiro atoms. The number of rotatable bonds is 3. The lowest BCUT2D eigenvalue weighted by Gasteiger charge is -2.43. The van der Waals surface area contributed by atoms with E-state index in [-0.39, 0.29) is 12.3 Å². The fourth-order valence-corrected chi connectivity index (χ4v) is 3.80. The predicted molar refractivity (Wildman–Crippen MR) is 80.4 cm³/mol. The Morgan fingerprint density at radius 1 is 1.43 bits per heavy atom. The van der Waals surface area contributed by atoms with Gasteiger partial charge in [-0.1, -0.05) is 25.1 Å². The molecule has 0 aliphatic carbocycles. The van der Waals surface area contributed by atoms with Crippen molar-refractivity contribution >= 4 is 5.97 Å². The molecule has 114 valence electrons. The molecule has 1 N–H and O–H groups in total. The van der Waals surface area contributed by atoms with Crippen LogP contribution in [0.1, 0.15) is 37.8 Å². The van der Waals surface area contributed by atoms with E-state index < -0.39 is 5.97 Å². The average molecular weight is 289 g/mol. The number of fused-ring (bicyclic) bond motifs is 1. The largest absolute Gasteiger partial charge is 0.493 e. The zero-order chi connectivity index (χ0) is 14.8. The standard InChI is InChI=1S/C17H23NO3/c1-12-11-21-15-7-3-2-6-14(15)17(12)18-8-4-5-13(10-18)9-16(19)20/h2-3,6-7,12-13,17H,4-5,8-11H2,1H3,(H,19,20). The normalized spacial score (nSPS) is 29.5. The van der Waals surface area contributed by atoms with E-state index in [2.05, 4.69) is 24.0 Å². The molecule has 1 fully saturated rings. The molecule has 0 aromatic heterocycles. The van der Waals surface area contributed by atoms with Crippen molar-refractivity contribution in [3.05, 3.63) is 29.8 Å². The van der Waals surface area contributed by atoms with Crippen molar-refractivity contribution in [3.63, 3.8) is 0 Å². The Morgan fingerprint density at radius 3 is 3.05 bits per heavy atom. The molecular weight excluding hydrogens is 266 g/mol. The van der Waals surface area contributed by atoms with Gasteiger partial charge in [0.15, 0.2) is 0 Å². The van der Waals surface area contributed by atoms with E-state index in [9.17, 15) is 4.79 Å². The fraction of sp³-hybridized carbons (Fsp3) is 0.588. The van der Waals surface area contributed by atoms with Crippen LogP contribution >= 0.6 is 0 Å². The van der Waals surface area contributed by atoms with Gasteiger partial charge in [0.05, 0.1) is 6.61 Å². The van der Waals surface area contributed by atoms with E-state index in [1.54, 1.807) is 0 Å². The van der Waals surface area contributed by atoms with Crippen LogP contribution in [-0.4, -0.2) is 35.7 Å². The van der Waals surface area contributed by atoms with Gasteiger partial charge in [0.25, 0.3) is 0 Å². The van der Waals surface area contributed by atoms with E-state index in [4.69, 9.17) is 9.84 Å². The summed E-state index contributed by atoms with van der Waals surface area (Å²) in [6.45, 7) is 4.90. The highest BCUT2D eigenvalue weighted by Gasteiger charge is 2.35. The second kappa shape index (κ2) is 6.06. The van der Waals surface area contributed by atoms with Gasteiger partial charge in [-0.05, 0) is 31.4 Å². The van der Waals surface area contributed by atoms with E-state index >= 15 is 0 Å². The molecule has 0 saturated carbocycles. The number of carboxylic acids is 1. The zero-order valence-corrected chi connectivity index (χ0v) is 12.5. The average Bonchev–Trinajstić information content (AvgIpc) is 2.46. The van der Waals surface area contributed by atoms with Crippen LogP contribution in [0.5, 0.6) is 5.75 Å². The van der Waals surface area contributed by atoms with Gasteiger partial charge in [-0.2, -0.15) is 0 Å². The lowest BCUT2D eigenvalue weighted by Crippen LogP contribution is -2.43. The summed E-state index contributed by atoms with van der Waals surface area (Å²) in [7, 11) is 0. The molecule has 0 amide bonds. The van der Waals surface area contributed by atoms with Gasteiger partial charge in [-0.3, -0.25) is 9.69 Å². The molecular formula is C17H23NO3. The van der Waals surface area contributed by atoms with Crippen molar-refractivity contribution in [1.29, 1.82) is 0 Å². The second-order valence-electron chi connectivity index (χ2n) is 6.37. The Kier molecular flexibility index (Phi) is 4.15. The second-order valence-corrected chi connectivity index (χ2v) is 6.37. The minimum Gasteiger partial charge on any atom is -0.493 e. The minimum atomic E-state index is -0.678. The molecule has 3 atom stereocenters. The van der Waals surface area contributed by atoms with Crippen LogP contribution in [0.15, 0.2) is 24.3 Å². The minimum absolute atomic E-state index is 0.276. The SMILES string of the molecule is CC1COc2ccccc2C1N1CCCC(CC(=O)O)C1. The van der Waals surface area contributed by atoms with E-state index in [0.717, 1.165) is 38.3 Å². The number of ether oxygens (including phenoxy) is 1. The number of nitrogens with zero attached hydrogens (tertiary/aromatic N) is 1. The first-order valence-corrected chi connectivity index (χ1v) is 7.82. The highest BCUT2D eigenvalue weighted by Crippen LogP contribution is 2.40. The molecule has 0 bridgehead atoms. The Morgan fingerprint density at radius 2 is 2.24 bits per heavy atom. The summed E-state index contributed by atoms with van der Waals surface area (Å²) in [6.07, 6.45) is 2.40. The monoisotopic (exact) mass is 289 g/mol. The van der Waals surface area contributed by atoms with Gasteiger partial charge in [-0.15, -0.1) is 0 Å². The molecule has 1 aromatic rings. The van der Waals surface area contributed by atoms with Crippen molar-refractivity contribution in [2.75, 3.05) is 19.7 Å². The first-order chi connectivity index (χ1) is 10.1. The molecule has 4 heteroatoms. The summed E-state index contributed by atoms with van der Waals surface area (Å²) in [5, 5.41) is 9.03. The summed E-state index contributed by atoms with van der Waals surface area (Å²) < 4.78 is 5.83. The molecule has 1 aromatic carbocycles. The van der Waals surface area contributed by atoms with Crippen LogP contribution in [0.3, 0.4) is 0 Å². The number of benzene rings is 1. The maximum Gasteiger partial charge on any atom is 0.303 e. The number of carbonyl (C=O) groups is 1. The van der Waals surface area contributed by atoms with Crippen molar-refractivity contribution in [3.8, 4) is 5.75 Å². The molecule has 21 heavy (non-hydrogen) atoms. The van der Waals surface area contributed by atoms with E-state index in [0.29, 0.717) is 12.0 Å². The number of carboxylic acid groups (broad SMARTS) is 1. The molecule has 2 aliphatic rings. The first-order valence-electron chi connectivity index (χ1n) is 7.82. The highest BCUT2D eigenvalue weighted by molar-refractivity contribution is 5.67. The summed E-state index contributed by atoms with van der Waals surface area (Å²) >= 11 is 0. The maximum atomic E-state index is 11.0. The fourth-order valence-electron chi connectivity index (χ4n) is 3.80. The van der Waals surface area contributed by atoms with Crippen LogP contribution in [0.4, 0.5) is 0 Å². The van der Waals surface area contributed by atoms with Crippen molar-refractivity contribution < 1.29 is 14.6 Å². The quantitative estimate of drug-likeness (QED) is 0.929. The van der Waals surface area contributed by atoms with Crippen LogP contribution in [0.2, 0.25) is 0 Å². The summed E-state index contributed by atoms with van der Waals surface area (Å²) in [4.78, 5) is 13.5. The Bertz CT molecular complexity index is 517. The molecule has 2 aliphatic heterocycles. The number of likely N-dealkylation sites (tertiary alicyclic amines) is 1. The first kappa shape index (κ1) is 14.4. The van der Waals surface area contributed by atoms with Gasteiger partial charge >= 0.3 is 5.97 Å². The van der Waals surface area contributed by atoms with Crippen molar-refractivity contribution in [1.82, 2.24) is 4.90 Å². The summed E-state index contributed by atoms with van der Waals surface area (Å²) in [5.74, 6) is 1.02. The van der Waals surface area contributed by atoms with Crippen LogP contribution in [0, 0.1) is 11.8 Å². The highest BCUT2D eigenvalue weighted by atomic mass is 16.5. The van der Waals surface area contributed by atoms with E-state index in [1.165, 1.54) is 5.56 Å². The molecule has 3 unspecified atom stereocenters. The van der Waals surface area contributed by atoms with Gasteiger partial charge in [0.2, 0.25) is 0 Å². The van der Waals surface area contributed by atoms with Crippen molar-refractivity contribution in [2.45, 2.75) is 32.2 Å². The summed E-state index contributed by atoms with van der Waals surface area (Å²) in [5.41, 5.74) is 1.26. The number of aliphatic carboxylic acids is 1.